The highest BCUT2D eigenvalue weighted by Gasteiger charge is 2.33. The summed E-state index contributed by atoms with van der Waals surface area (Å²) >= 11 is 1.61. The molecule has 4 heteroatoms. The topological polar surface area (TPSA) is 46.3 Å². The van der Waals surface area contributed by atoms with Gasteiger partial charge >= 0.3 is 0 Å². The number of aryl methyl sites for hydroxylation is 1. The number of rotatable bonds is 5. The Hall–Kier alpha value is -1.81. The molecule has 110 valence electrons. The van der Waals surface area contributed by atoms with Crippen molar-refractivity contribution in [3.05, 3.63) is 51.7 Å². The maximum absolute atomic E-state index is 12.8. The summed E-state index contributed by atoms with van der Waals surface area (Å²) in [5.41, 5.74) is 7.81. The van der Waals surface area contributed by atoms with Gasteiger partial charge in [-0.3, -0.25) is 4.79 Å². The number of nitrogens with two attached hydrogens (primary N) is 1. The van der Waals surface area contributed by atoms with Crippen LogP contribution in [0.2, 0.25) is 0 Å². The Morgan fingerprint density at radius 3 is 2.67 bits per heavy atom. The summed E-state index contributed by atoms with van der Waals surface area (Å²) in [4.78, 5) is 16.8. The van der Waals surface area contributed by atoms with Crippen molar-refractivity contribution < 1.29 is 4.79 Å². The van der Waals surface area contributed by atoms with Crippen molar-refractivity contribution in [2.24, 2.45) is 0 Å². The minimum Gasteiger partial charge on any atom is -0.398 e. The molecule has 0 radical (unpaired) electrons. The Bertz CT molecular complexity index is 646. The lowest BCUT2D eigenvalue weighted by Crippen LogP contribution is -2.32. The summed E-state index contributed by atoms with van der Waals surface area (Å²) in [5, 5.41) is 0. The van der Waals surface area contributed by atoms with Gasteiger partial charge in [0, 0.05) is 23.2 Å². The van der Waals surface area contributed by atoms with Gasteiger partial charge in [0.25, 0.3) is 5.91 Å². The van der Waals surface area contributed by atoms with Crippen LogP contribution in [0, 0.1) is 0 Å². The lowest BCUT2D eigenvalue weighted by molar-refractivity contribution is 0.0735. The Kier molecular flexibility index (Phi) is 3.97. The van der Waals surface area contributed by atoms with E-state index in [9.17, 15) is 4.79 Å². The minimum absolute atomic E-state index is 0.144. The Labute approximate surface area is 129 Å². The minimum atomic E-state index is 0.144. The van der Waals surface area contributed by atoms with Crippen LogP contribution in [0.4, 0.5) is 5.69 Å². The molecule has 0 unspecified atom stereocenters. The first-order valence-electron chi connectivity index (χ1n) is 7.42. The third-order valence-electron chi connectivity index (χ3n) is 3.87. The zero-order chi connectivity index (χ0) is 14.8. The average Bonchev–Trinajstić information content (AvgIpc) is 3.22. The molecule has 0 saturated heterocycles. The second-order valence-electron chi connectivity index (χ2n) is 5.48. The van der Waals surface area contributed by atoms with Crippen molar-refractivity contribution in [2.45, 2.75) is 38.8 Å². The third-order valence-corrected chi connectivity index (χ3v) is 5.08. The molecule has 1 fully saturated rings. The second-order valence-corrected chi connectivity index (χ2v) is 6.65. The van der Waals surface area contributed by atoms with Crippen molar-refractivity contribution in [1.29, 1.82) is 0 Å². The van der Waals surface area contributed by atoms with E-state index in [1.165, 1.54) is 4.88 Å². The summed E-state index contributed by atoms with van der Waals surface area (Å²) < 4.78 is 0. The number of nitrogen functional groups attached to an aromatic ring is 1. The Morgan fingerprint density at radius 1 is 1.29 bits per heavy atom. The zero-order valence-corrected chi connectivity index (χ0v) is 13.0. The van der Waals surface area contributed by atoms with Crippen LogP contribution in [0.1, 0.15) is 39.9 Å². The van der Waals surface area contributed by atoms with Gasteiger partial charge in [0.1, 0.15) is 0 Å². The van der Waals surface area contributed by atoms with E-state index >= 15 is 0 Å². The van der Waals surface area contributed by atoms with Gasteiger partial charge in [-0.2, -0.15) is 0 Å². The van der Waals surface area contributed by atoms with E-state index in [4.69, 9.17) is 5.73 Å². The molecule has 1 heterocycles. The lowest BCUT2D eigenvalue weighted by atomic mass is 10.1. The summed E-state index contributed by atoms with van der Waals surface area (Å²) in [6, 6.07) is 12.2. The average molecular weight is 300 g/mol. The maximum atomic E-state index is 12.8. The molecule has 0 atom stereocenters. The van der Waals surface area contributed by atoms with Gasteiger partial charge in [-0.25, -0.2) is 0 Å². The van der Waals surface area contributed by atoms with E-state index in [1.54, 1.807) is 11.3 Å². The number of hydrogen-bond donors (Lipinski definition) is 1. The van der Waals surface area contributed by atoms with E-state index in [2.05, 4.69) is 13.0 Å². The van der Waals surface area contributed by atoms with Gasteiger partial charge in [-0.1, -0.05) is 25.1 Å². The molecule has 21 heavy (non-hydrogen) atoms. The van der Waals surface area contributed by atoms with E-state index in [1.807, 2.05) is 35.2 Å². The van der Waals surface area contributed by atoms with Crippen molar-refractivity contribution >= 4 is 22.9 Å². The van der Waals surface area contributed by atoms with Crippen LogP contribution in [0.3, 0.4) is 0 Å². The number of benzene rings is 1. The fraction of sp³-hybridized carbons (Fsp3) is 0.353. The molecule has 1 amide bonds. The normalized spacial score (nSPS) is 14.1. The van der Waals surface area contributed by atoms with Crippen LogP contribution in [0.5, 0.6) is 0 Å². The predicted molar refractivity (Wildman–Crippen MR) is 87.4 cm³/mol. The number of hydrogen-bond acceptors (Lipinski definition) is 3. The van der Waals surface area contributed by atoms with Crippen LogP contribution < -0.4 is 5.73 Å². The first-order chi connectivity index (χ1) is 10.2. The van der Waals surface area contributed by atoms with Gasteiger partial charge in [0.15, 0.2) is 0 Å². The zero-order valence-electron chi connectivity index (χ0n) is 12.2. The van der Waals surface area contributed by atoms with Crippen LogP contribution in [0.15, 0.2) is 36.4 Å². The third kappa shape index (κ3) is 3.10. The fourth-order valence-corrected chi connectivity index (χ4v) is 3.34. The van der Waals surface area contributed by atoms with Gasteiger partial charge < -0.3 is 10.6 Å². The number of amides is 1. The summed E-state index contributed by atoms with van der Waals surface area (Å²) in [7, 11) is 0. The van der Waals surface area contributed by atoms with Crippen molar-refractivity contribution in [1.82, 2.24) is 4.90 Å². The molecule has 1 aliphatic rings. The first kappa shape index (κ1) is 14.1. The number of carbonyl (C=O) groups excluding carboxylic acids is 1. The summed E-state index contributed by atoms with van der Waals surface area (Å²) in [6.45, 7) is 2.72. The van der Waals surface area contributed by atoms with Crippen molar-refractivity contribution in [3.8, 4) is 0 Å². The van der Waals surface area contributed by atoms with Gasteiger partial charge in [0.2, 0.25) is 0 Å². The van der Waals surface area contributed by atoms with Gasteiger partial charge in [-0.05, 0) is 43.0 Å². The Morgan fingerprint density at radius 2 is 2.05 bits per heavy atom. The molecule has 0 bridgehead atoms. The monoisotopic (exact) mass is 300 g/mol. The van der Waals surface area contributed by atoms with E-state index in [-0.39, 0.29) is 5.91 Å². The van der Waals surface area contributed by atoms with Crippen LogP contribution >= 0.6 is 11.3 Å². The van der Waals surface area contributed by atoms with Crippen LogP contribution in [-0.2, 0) is 13.0 Å². The molecule has 1 aromatic carbocycles. The molecular formula is C17H20N2OS. The quantitative estimate of drug-likeness (QED) is 0.856. The number of nitrogens with zero attached hydrogens (tertiary/aromatic N) is 1. The smallest absolute Gasteiger partial charge is 0.264 e. The highest BCUT2D eigenvalue weighted by Crippen LogP contribution is 2.32. The van der Waals surface area contributed by atoms with Crippen molar-refractivity contribution in [3.63, 3.8) is 0 Å². The lowest BCUT2D eigenvalue weighted by Gasteiger charge is -2.22. The highest BCUT2D eigenvalue weighted by molar-refractivity contribution is 7.14. The molecule has 0 aliphatic heterocycles. The van der Waals surface area contributed by atoms with Crippen LogP contribution in [0.25, 0.3) is 0 Å². The molecule has 1 aromatic heterocycles. The van der Waals surface area contributed by atoms with E-state index in [0.29, 0.717) is 12.6 Å². The molecule has 0 spiro atoms. The molecule has 1 aliphatic carbocycles. The first-order valence-corrected chi connectivity index (χ1v) is 8.23. The molecule has 3 nitrogen and oxygen atoms in total. The fourth-order valence-electron chi connectivity index (χ4n) is 2.44. The maximum Gasteiger partial charge on any atom is 0.264 e. The highest BCUT2D eigenvalue weighted by atomic mass is 32.1. The summed E-state index contributed by atoms with van der Waals surface area (Å²) in [6.07, 6.45) is 3.18. The van der Waals surface area contributed by atoms with Gasteiger partial charge in [-0.15, -0.1) is 11.3 Å². The molecule has 3 rings (SSSR count). The van der Waals surface area contributed by atoms with Crippen LogP contribution in [-0.4, -0.2) is 16.8 Å². The molecule has 2 N–H and O–H groups in total. The van der Waals surface area contributed by atoms with E-state index < -0.39 is 0 Å². The van der Waals surface area contributed by atoms with Crippen molar-refractivity contribution in [2.75, 3.05) is 5.73 Å². The SMILES string of the molecule is CCc1ccc(C(=O)N(Cc2ccccc2N)C2CC2)s1. The second kappa shape index (κ2) is 5.90. The largest absolute Gasteiger partial charge is 0.398 e. The Balaban J connectivity index is 1.81. The molecule has 2 aromatic rings. The number of thiophene rings is 1. The molecule has 1 saturated carbocycles. The number of carbonyl (C=O) groups is 1. The predicted octanol–water partition coefficient (Wildman–Crippen LogP) is 3.70. The standard InChI is InChI=1S/C17H20N2OS/c1-2-14-9-10-16(21-14)17(20)19(13-7-8-13)11-12-5-3-4-6-15(12)18/h3-6,9-10,13H,2,7-8,11,18H2,1H3. The number of anilines is 1. The molecular weight excluding hydrogens is 280 g/mol. The number of para-hydroxylation sites is 1. The van der Waals surface area contributed by atoms with Gasteiger partial charge in [0.05, 0.1) is 4.88 Å². The summed E-state index contributed by atoms with van der Waals surface area (Å²) in [5.74, 6) is 0.144. The van der Waals surface area contributed by atoms with E-state index in [0.717, 1.165) is 35.4 Å².